The summed E-state index contributed by atoms with van der Waals surface area (Å²) in [5.41, 5.74) is 15.8. The van der Waals surface area contributed by atoms with Crippen molar-refractivity contribution in [2.24, 2.45) is 15.3 Å². The summed E-state index contributed by atoms with van der Waals surface area (Å²) in [6.07, 6.45) is 4.86. The molecule has 0 aromatic heterocycles. The number of anilines is 2. The molecule has 0 heterocycles. The van der Waals surface area contributed by atoms with Crippen LogP contribution < -0.4 is 70.2 Å². The fraction of sp³-hybridized carbons (Fsp3) is 0.233. The van der Waals surface area contributed by atoms with Gasteiger partial charge in [-0.3, -0.25) is 4.79 Å². The molecule has 0 aliphatic rings. The summed E-state index contributed by atoms with van der Waals surface area (Å²) in [6, 6.07) is 16.7. The Hall–Kier alpha value is -3.06. The van der Waals surface area contributed by atoms with Crippen LogP contribution in [0.4, 0.5) is 22.7 Å². The van der Waals surface area contributed by atoms with Crippen LogP contribution in [0.3, 0.4) is 0 Å². The number of fused-ring (bicyclic) bond motifs is 1. The number of amides is 1. The number of carbonyl (C=O) groups excluding carboxylic acids is 1. The van der Waals surface area contributed by atoms with E-state index in [2.05, 4.69) is 25.6 Å². The number of hydrogen-bond donors (Lipinski definition) is 3. The van der Waals surface area contributed by atoms with Crippen LogP contribution in [-0.4, -0.2) is 43.5 Å². The van der Waals surface area contributed by atoms with Gasteiger partial charge < -0.3 is 25.3 Å². The molecule has 1 amide bonds. The van der Waals surface area contributed by atoms with Crippen molar-refractivity contribution >= 4 is 59.7 Å². The minimum absolute atomic E-state index is 0. The van der Waals surface area contributed by atoms with E-state index in [1.54, 1.807) is 36.4 Å². The zero-order valence-electron chi connectivity index (χ0n) is 26.7. The molecule has 4 rings (SSSR count). The maximum absolute atomic E-state index is 12.3. The second-order valence-electron chi connectivity index (χ2n) is 10.4. The molecule has 4 N–H and O–H groups in total. The van der Waals surface area contributed by atoms with Gasteiger partial charge in [0.15, 0.2) is 5.75 Å². The van der Waals surface area contributed by atoms with Gasteiger partial charge in [-0.05, 0) is 65.9 Å². The summed E-state index contributed by atoms with van der Waals surface area (Å²) >= 11 is 0. The summed E-state index contributed by atoms with van der Waals surface area (Å²) in [5, 5.41) is 24.2. The Kier molecular flexibility index (Phi) is 16.2. The van der Waals surface area contributed by atoms with Crippen molar-refractivity contribution in [1.82, 2.24) is 0 Å². The van der Waals surface area contributed by atoms with E-state index in [1.807, 2.05) is 12.1 Å². The third kappa shape index (κ3) is 11.5. The van der Waals surface area contributed by atoms with E-state index in [0.717, 1.165) is 55.4 Å². The SMILES string of the molecule is [N-]=[N+]=NCCCCCCCC(=O)Nc1ccc(-c2ccc(N=Nc3ccc4c(S(=O)(=O)[O-])cc(S(=O)(=O)[O-])c(N)c4c3O)cc2)cc1.[Na+].[Na+]. The number of aromatic hydroxyl groups is 1. The molecule has 0 saturated heterocycles. The molecule has 0 aliphatic carbocycles. The van der Waals surface area contributed by atoms with E-state index in [9.17, 15) is 35.8 Å². The number of nitrogen functional groups attached to an aromatic ring is 1. The number of azide groups is 1. The molecule has 0 aliphatic heterocycles. The van der Waals surface area contributed by atoms with Crippen molar-refractivity contribution in [3.8, 4) is 16.9 Å². The van der Waals surface area contributed by atoms with Crippen LogP contribution in [0, 0.1) is 0 Å². The Morgan fingerprint density at radius 2 is 1.39 bits per heavy atom. The van der Waals surface area contributed by atoms with Gasteiger partial charge >= 0.3 is 59.1 Å². The molecule has 0 radical (unpaired) electrons. The Bertz CT molecular complexity index is 2090. The van der Waals surface area contributed by atoms with Crippen LogP contribution >= 0.6 is 0 Å². The fourth-order valence-corrected chi connectivity index (χ4v) is 6.20. The average Bonchev–Trinajstić information content (AvgIpc) is 3.01. The number of rotatable bonds is 14. The maximum Gasteiger partial charge on any atom is 1.00 e. The normalized spacial score (nSPS) is 11.4. The molecule has 0 unspecified atom stereocenters. The van der Waals surface area contributed by atoms with Crippen LogP contribution in [0.2, 0.25) is 0 Å². The first kappa shape index (κ1) is 42.1. The number of benzene rings is 4. The van der Waals surface area contributed by atoms with Crippen LogP contribution in [0.1, 0.15) is 38.5 Å². The molecule has 0 fully saturated rings. The Morgan fingerprint density at radius 3 is 1.98 bits per heavy atom. The average molecular weight is 726 g/mol. The van der Waals surface area contributed by atoms with Gasteiger partial charge in [-0.15, -0.1) is 5.11 Å². The van der Waals surface area contributed by atoms with E-state index in [-0.39, 0.29) is 76.1 Å². The van der Waals surface area contributed by atoms with E-state index in [4.69, 9.17) is 11.3 Å². The molecule has 4 aromatic carbocycles. The number of nitrogens with two attached hydrogens (primary N) is 1. The fourth-order valence-electron chi connectivity index (χ4n) is 4.80. The number of phenols is 1. The molecule has 0 saturated carbocycles. The molecule has 246 valence electrons. The zero-order chi connectivity index (χ0) is 34.2. The van der Waals surface area contributed by atoms with Crippen LogP contribution in [0.5, 0.6) is 5.75 Å². The van der Waals surface area contributed by atoms with Crippen molar-refractivity contribution in [1.29, 1.82) is 0 Å². The number of phenolic OH excluding ortho intramolecular Hbond substituents is 1. The van der Waals surface area contributed by atoms with E-state index in [1.165, 1.54) is 0 Å². The van der Waals surface area contributed by atoms with E-state index < -0.39 is 46.9 Å². The van der Waals surface area contributed by atoms with Crippen LogP contribution in [0.15, 0.2) is 91.9 Å². The minimum Gasteiger partial charge on any atom is -0.744 e. The Balaban J connectivity index is 0.00000417. The maximum atomic E-state index is 12.3. The van der Waals surface area contributed by atoms with Gasteiger partial charge in [-0.1, -0.05) is 54.7 Å². The number of hydrogen-bond acceptors (Lipinski definition) is 12. The largest absolute Gasteiger partial charge is 1.00 e. The monoisotopic (exact) mass is 725 g/mol. The molecule has 0 bridgehead atoms. The second-order valence-corrected chi connectivity index (χ2v) is 13.1. The Morgan fingerprint density at radius 1 is 0.816 bits per heavy atom. The Labute approximate surface area is 327 Å². The third-order valence-corrected chi connectivity index (χ3v) is 8.88. The summed E-state index contributed by atoms with van der Waals surface area (Å²) in [7, 11) is -10.6. The summed E-state index contributed by atoms with van der Waals surface area (Å²) in [4.78, 5) is 12.8. The second kappa shape index (κ2) is 18.8. The molecule has 0 spiro atoms. The van der Waals surface area contributed by atoms with Gasteiger partial charge in [-0.25, -0.2) is 16.8 Å². The minimum atomic E-state index is -5.31. The van der Waals surface area contributed by atoms with Crippen molar-refractivity contribution in [2.45, 2.75) is 48.3 Å². The molecular formula is C30H29N7Na2O8S2. The first-order valence-corrected chi connectivity index (χ1v) is 17.0. The molecule has 4 aromatic rings. The van der Waals surface area contributed by atoms with Crippen molar-refractivity contribution in [3.63, 3.8) is 0 Å². The van der Waals surface area contributed by atoms with Gasteiger partial charge in [0.1, 0.15) is 25.9 Å². The van der Waals surface area contributed by atoms with Gasteiger partial charge in [-0.2, -0.15) is 5.11 Å². The number of nitrogens with zero attached hydrogens (tertiary/aromatic N) is 5. The molecule has 49 heavy (non-hydrogen) atoms. The van der Waals surface area contributed by atoms with Gasteiger partial charge in [0, 0.05) is 29.0 Å². The molecule has 0 atom stereocenters. The van der Waals surface area contributed by atoms with Crippen molar-refractivity contribution in [3.05, 3.63) is 77.2 Å². The summed E-state index contributed by atoms with van der Waals surface area (Å²) in [6.45, 7) is 0.492. The van der Waals surface area contributed by atoms with Gasteiger partial charge in [0.05, 0.1) is 26.6 Å². The van der Waals surface area contributed by atoms with Gasteiger partial charge in [0.25, 0.3) is 0 Å². The van der Waals surface area contributed by atoms with Gasteiger partial charge in [0.2, 0.25) is 5.91 Å². The number of azo groups is 1. The standard InChI is InChI=1S/C30H31N7O8S2.2Na/c31-29-26(47(43,44)45)18-25(46(40,41)42)23-15-16-24(30(39)28(23)29)36-35-22-13-9-20(10-14-22)19-7-11-21(12-8-19)34-27(38)6-4-2-1-3-5-17-33-37-32;;/h7-16,18,39H,1-6,17,31H2,(H,34,38)(H,40,41,42)(H,43,44,45);;/q;2*+1/p-2. The smallest absolute Gasteiger partial charge is 0.744 e. The zero-order valence-corrected chi connectivity index (χ0v) is 32.4. The molecule has 15 nitrogen and oxygen atoms in total. The molecular weight excluding hydrogens is 696 g/mol. The van der Waals surface area contributed by atoms with E-state index in [0.29, 0.717) is 30.4 Å². The van der Waals surface area contributed by atoms with Crippen molar-refractivity contribution in [2.75, 3.05) is 17.6 Å². The van der Waals surface area contributed by atoms with Crippen molar-refractivity contribution < 1.29 is 95.0 Å². The number of nitrogens with one attached hydrogen (secondary N) is 1. The first-order valence-electron chi connectivity index (χ1n) is 14.2. The summed E-state index contributed by atoms with van der Waals surface area (Å²) in [5.74, 6) is -0.852. The number of unbranched alkanes of at least 4 members (excludes halogenated alkanes) is 4. The first-order chi connectivity index (χ1) is 22.3. The summed E-state index contributed by atoms with van der Waals surface area (Å²) < 4.78 is 70.3. The predicted molar refractivity (Wildman–Crippen MR) is 172 cm³/mol. The van der Waals surface area contributed by atoms with Crippen LogP contribution in [-0.2, 0) is 25.0 Å². The topological polar surface area (TPSA) is 263 Å². The number of carbonyl (C=O) groups is 1. The predicted octanol–water partition coefficient (Wildman–Crippen LogP) is 0.616. The molecule has 19 heteroatoms. The van der Waals surface area contributed by atoms with E-state index >= 15 is 0 Å². The third-order valence-electron chi connectivity index (χ3n) is 7.13. The quantitative estimate of drug-likeness (QED) is 0.0312. The van der Waals surface area contributed by atoms with Crippen LogP contribution in [0.25, 0.3) is 32.3 Å².